The van der Waals surface area contributed by atoms with Crippen molar-refractivity contribution in [2.45, 2.75) is 19.9 Å². The molecule has 1 unspecified atom stereocenters. The first kappa shape index (κ1) is 15.4. The second-order valence-electron chi connectivity index (χ2n) is 4.23. The molecular weight excluding hydrogens is 336 g/mol. The van der Waals surface area contributed by atoms with Gasteiger partial charge in [0.1, 0.15) is 0 Å². The van der Waals surface area contributed by atoms with Crippen LogP contribution in [0.5, 0.6) is 0 Å². The predicted octanol–water partition coefficient (Wildman–Crippen LogP) is 3.14. The van der Waals surface area contributed by atoms with E-state index >= 15 is 0 Å². The molecule has 1 rings (SSSR count). The van der Waals surface area contributed by atoms with E-state index in [-0.39, 0.29) is 22.9 Å². The van der Waals surface area contributed by atoms with Gasteiger partial charge in [-0.05, 0) is 40.0 Å². The lowest BCUT2D eigenvalue weighted by molar-refractivity contribution is 0.0940. The number of benzene rings is 1. The average molecular weight is 350 g/mol. The summed E-state index contributed by atoms with van der Waals surface area (Å²) < 4.78 is 0.674. The molecule has 6 heteroatoms. The minimum Gasteiger partial charge on any atom is -0.392 e. The van der Waals surface area contributed by atoms with Crippen LogP contribution in [0.15, 0.2) is 22.7 Å². The quantitative estimate of drug-likeness (QED) is 0.821. The van der Waals surface area contributed by atoms with E-state index in [0.717, 1.165) is 0 Å². The van der Waals surface area contributed by atoms with Gasteiger partial charge in [0.05, 0.1) is 16.1 Å². The van der Waals surface area contributed by atoms with E-state index < -0.39 is 0 Å². The zero-order valence-electron chi connectivity index (χ0n) is 10.0. The molecular formula is C12H14BrClN2OS. The Labute approximate surface area is 125 Å². The van der Waals surface area contributed by atoms with Gasteiger partial charge in [0.25, 0.3) is 5.91 Å². The maximum Gasteiger partial charge on any atom is 0.251 e. The van der Waals surface area contributed by atoms with Crippen molar-refractivity contribution in [2.75, 3.05) is 0 Å². The predicted molar refractivity (Wildman–Crippen MR) is 82.0 cm³/mol. The zero-order chi connectivity index (χ0) is 13.9. The highest BCUT2D eigenvalue weighted by Gasteiger charge is 2.19. The Morgan fingerprint density at radius 1 is 1.50 bits per heavy atom. The van der Waals surface area contributed by atoms with Crippen LogP contribution in [0.2, 0.25) is 5.02 Å². The van der Waals surface area contributed by atoms with Crippen molar-refractivity contribution in [3.8, 4) is 0 Å². The molecule has 1 aromatic carbocycles. The molecule has 0 aliphatic rings. The first-order chi connectivity index (χ1) is 8.32. The molecule has 0 aromatic heterocycles. The van der Waals surface area contributed by atoms with E-state index in [1.54, 1.807) is 18.2 Å². The number of thiocarbonyl (C=S) groups is 1. The topological polar surface area (TPSA) is 55.1 Å². The molecule has 3 nitrogen and oxygen atoms in total. The summed E-state index contributed by atoms with van der Waals surface area (Å²) in [4.78, 5) is 12.3. The van der Waals surface area contributed by atoms with E-state index in [4.69, 9.17) is 29.6 Å². The van der Waals surface area contributed by atoms with Crippen LogP contribution in [-0.2, 0) is 0 Å². The van der Waals surface area contributed by atoms with Crippen molar-refractivity contribution < 1.29 is 4.79 Å². The van der Waals surface area contributed by atoms with Gasteiger partial charge in [-0.2, -0.15) is 0 Å². The Morgan fingerprint density at radius 2 is 2.11 bits per heavy atom. The molecule has 0 saturated carbocycles. The molecule has 1 aromatic rings. The summed E-state index contributed by atoms with van der Waals surface area (Å²) in [5, 5.41) is 3.37. The van der Waals surface area contributed by atoms with Crippen molar-refractivity contribution >= 4 is 50.6 Å². The second kappa shape index (κ2) is 6.50. The monoisotopic (exact) mass is 348 g/mol. The van der Waals surface area contributed by atoms with E-state index in [1.807, 2.05) is 13.8 Å². The molecule has 18 heavy (non-hydrogen) atoms. The number of carbonyl (C=O) groups excluding carboxylic acids is 1. The fourth-order valence-electron chi connectivity index (χ4n) is 1.43. The molecule has 1 amide bonds. The number of nitrogens with one attached hydrogen (secondary N) is 1. The third kappa shape index (κ3) is 3.93. The SMILES string of the molecule is CC(C)C(NC(=O)c1ccc(Cl)c(Br)c1)C(N)=S. The van der Waals surface area contributed by atoms with Crippen LogP contribution in [0.3, 0.4) is 0 Å². The fraction of sp³-hybridized carbons (Fsp3) is 0.333. The molecule has 1 atom stereocenters. The Morgan fingerprint density at radius 3 is 2.56 bits per heavy atom. The van der Waals surface area contributed by atoms with Crippen LogP contribution >= 0.6 is 39.7 Å². The highest BCUT2D eigenvalue weighted by atomic mass is 79.9. The number of halogens is 2. The van der Waals surface area contributed by atoms with Gasteiger partial charge in [-0.25, -0.2) is 0 Å². The third-order valence-electron chi connectivity index (χ3n) is 2.44. The number of nitrogens with two attached hydrogens (primary N) is 1. The summed E-state index contributed by atoms with van der Waals surface area (Å²) in [5.74, 6) is -0.0824. The van der Waals surface area contributed by atoms with Crippen LogP contribution in [-0.4, -0.2) is 16.9 Å². The number of rotatable bonds is 4. The summed E-state index contributed by atoms with van der Waals surface area (Å²) >= 11 is 14.1. The molecule has 0 heterocycles. The van der Waals surface area contributed by atoms with E-state index in [0.29, 0.717) is 15.1 Å². The first-order valence-electron chi connectivity index (χ1n) is 5.38. The second-order valence-corrected chi connectivity index (χ2v) is 5.96. The van der Waals surface area contributed by atoms with Crippen molar-refractivity contribution in [1.82, 2.24) is 5.32 Å². The van der Waals surface area contributed by atoms with Gasteiger partial charge in [0.2, 0.25) is 0 Å². The average Bonchev–Trinajstić information content (AvgIpc) is 2.28. The molecule has 0 fully saturated rings. The van der Waals surface area contributed by atoms with Crippen LogP contribution < -0.4 is 11.1 Å². The van der Waals surface area contributed by atoms with E-state index in [9.17, 15) is 4.79 Å². The minimum atomic E-state index is -0.318. The Hall–Kier alpha value is -0.650. The van der Waals surface area contributed by atoms with Gasteiger partial charge in [-0.1, -0.05) is 37.7 Å². The largest absolute Gasteiger partial charge is 0.392 e. The lowest BCUT2D eigenvalue weighted by Gasteiger charge is -2.21. The number of hydrogen-bond acceptors (Lipinski definition) is 2. The summed E-state index contributed by atoms with van der Waals surface area (Å²) in [6.45, 7) is 3.89. The molecule has 0 aliphatic heterocycles. The zero-order valence-corrected chi connectivity index (χ0v) is 13.2. The standard InChI is InChI=1S/C12H14BrClN2OS/c1-6(2)10(11(15)18)16-12(17)7-3-4-9(14)8(13)5-7/h3-6,10H,1-2H3,(H2,15,18)(H,16,17). The van der Waals surface area contributed by atoms with Crippen molar-refractivity contribution in [3.05, 3.63) is 33.3 Å². The number of carbonyl (C=O) groups is 1. The number of amides is 1. The van der Waals surface area contributed by atoms with Crippen molar-refractivity contribution in [3.63, 3.8) is 0 Å². The maximum atomic E-state index is 12.0. The van der Waals surface area contributed by atoms with Gasteiger partial charge < -0.3 is 11.1 Å². The fourth-order valence-corrected chi connectivity index (χ4v) is 2.26. The van der Waals surface area contributed by atoms with Gasteiger partial charge in [0, 0.05) is 10.0 Å². The summed E-state index contributed by atoms with van der Waals surface area (Å²) in [7, 11) is 0. The van der Waals surface area contributed by atoms with Gasteiger partial charge in [0.15, 0.2) is 0 Å². The molecule has 0 aliphatic carbocycles. The van der Waals surface area contributed by atoms with Crippen LogP contribution in [0.4, 0.5) is 0 Å². The Balaban J connectivity index is 2.87. The first-order valence-corrected chi connectivity index (χ1v) is 6.96. The molecule has 0 saturated heterocycles. The van der Waals surface area contributed by atoms with Gasteiger partial charge >= 0.3 is 0 Å². The third-order valence-corrected chi connectivity index (χ3v) is 3.91. The van der Waals surface area contributed by atoms with Gasteiger partial charge in [-0.15, -0.1) is 0 Å². The van der Waals surface area contributed by atoms with Crippen molar-refractivity contribution in [2.24, 2.45) is 11.7 Å². The summed E-state index contributed by atoms with van der Waals surface area (Å²) in [6.07, 6.45) is 0. The molecule has 0 radical (unpaired) electrons. The van der Waals surface area contributed by atoms with E-state index in [2.05, 4.69) is 21.2 Å². The Bertz CT molecular complexity index is 479. The summed E-state index contributed by atoms with van der Waals surface area (Å²) in [5.41, 5.74) is 6.11. The lowest BCUT2D eigenvalue weighted by Crippen LogP contribution is -2.46. The lowest BCUT2D eigenvalue weighted by atomic mass is 10.0. The molecule has 0 bridgehead atoms. The van der Waals surface area contributed by atoms with Crippen LogP contribution in [0.25, 0.3) is 0 Å². The molecule has 0 spiro atoms. The van der Waals surface area contributed by atoms with E-state index in [1.165, 1.54) is 0 Å². The number of hydrogen-bond donors (Lipinski definition) is 2. The molecule has 98 valence electrons. The highest BCUT2D eigenvalue weighted by molar-refractivity contribution is 9.10. The highest BCUT2D eigenvalue weighted by Crippen LogP contribution is 2.23. The Kier molecular flexibility index (Phi) is 5.56. The van der Waals surface area contributed by atoms with Crippen LogP contribution in [0.1, 0.15) is 24.2 Å². The normalized spacial score (nSPS) is 12.3. The summed E-state index contributed by atoms with van der Waals surface area (Å²) in [6, 6.07) is 4.65. The molecule has 3 N–H and O–H groups in total. The van der Waals surface area contributed by atoms with Crippen molar-refractivity contribution in [1.29, 1.82) is 0 Å². The maximum absolute atomic E-state index is 12.0. The van der Waals surface area contributed by atoms with Gasteiger partial charge in [-0.3, -0.25) is 4.79 Å². The van der Waals surface area contributed by atoms with Crippen LogP contribution in [0, 0.1) is 5.92 Å². The smallest absolute Gasteiger partial charge is 0.251 e. The minimum absolute atomic E-state index is 0.141.